The van der Waals surface area contributed by atoms with E-state index in [1.807, 2.05) is 17.9 Å². The van der Waals surface area contributed by atoms with Crippen molar-refractivity contribution in [3.8, 4) is 0 Å². The van der Waals surface area contributed by atoms with Crippen LogP contribution < -0.4 is 5.32 Å². The first kappa shape index (κ1) is 12.5. The van der Waals surface area contributed by atoms with E-state index < -0.39 is 0 Å². The SMILES string of the molecule is CC(C)N1CCC(CNCc2cnnn2C)C1. The lowest BCUT2D eigenvalue weighted by molar-refractivity contribution is 0.264. The zero-order valence-corrected chi connectivity index (χ0v) is 11.1. The Labute approximate surface area is 103 Å². The van der Waals surface area contributed by atoms with Crippen LogP contribution in [0.4, 0.5) is 0 Å². The summed E-state index contributed by atoms with van der Waals surface area (Å²) in [5.74, 6) is 0.790. The number of hydrogen-bond donors (Lipinski definition) is 1. The largest absolute Gasteiger partial charge is 0.311 e. The highest BCUT2D eigenvalue weighted by Gasteiger charge is 2.23. The summed E-state index contributed by atoms with van der Waals surface area (Å²) in [7, 11) is 1.93. The summed E-state index contributed by atoms with van der Waals surface area (Å²) in [5.41, 5.74) is 1.14. The molecular weight excluding hydrogens is 214 g/mol. The monoisotopic (exact) mass is 237 g/mol. The van der Waals surface area contributed by atoms with Crippen LogP contribution in [0.25, 0.3) is 0 Å². The predicted molar refractivity (Wildman–Crippen MR) is 67.5 cm³/mol. The van der Waals surface area contributed by atoms with Gasteiger partial charge in [0.15, 0.2) is 0 Å². The number of likely N-dealkylation sites (tertiary alicyclic amines) is 1. The van der Waals surface area contributed by atoms with E-state index >= 15 is 0 Å². The average Bonchev–Trinajstić information content (AvgIpc) is 2.89. The van der Waals surface area contributed by atoms with Crippen LogP contribution in [0.1, 0.15) is 26.0 Å². The van der Waals surface area contributed by atoms with Gasteiger partial charge in [-0.3, -0.25) is 4.68 Å². The molecule has 0 aliphatic carbocycles. The molecule has 1 saturated heterocycles. The maximum Gasteiger partial charge on any atom is 0.0738 e. The van der Waals surface area contributed by atoms with Crippen molar-refractivity contribution in [2.75, 3.05) is 19.6 Å². The standard InChI is InChI=1S/C12H23N5/c1-10(2)17-5-4-11(9-17)6-13-7-12-8-14-15-16(12)3/h8,10-11,13H,4-7,9H2,1-3H3. The van der Waals surface area contributed by atoms with Crippen LogP contribution in [0.15, 0.2) is 6.20 Å². The Morgan fingerprint density at radius 1 is 1.53 bits per heavy atom. The van der Waals surface area contributed by atoms with Gasteiger partial charge in [-0.15, -0.1) is 5.10 Å². The van der Waals surface area contributed by atoms with E-state index in [1.165, 1.54) is 19.5 Å². The number of nitrogens with one attached hydrogen (secondary N) is 1. The summed E-state index contributed by atoms with van der Waals surface area (Å²) in [6.07, 6.45) is 3.14. The quantitative estimate of drug-likeness (QED) is 0.816. The molecule has 1 fully saturated rings. The third-order valence-corrected chi connectivity index (χ3v) is 3.59. The molecule has 1 aromatic heterocycles. The van der Waals surface area contributed by atoms with Crippen LogP contribution >= 0.6 is 0 Å². The third kappa shape index (κ3) is 3.26. The number of aromatic nitrogens is 3. The van der Waals surface area contributed by atoms with Gasteiger partial charge >= 0.3 is 0 Å². The van der Waals surface area contributed by atoms with E-state index in [-0.39, 0.29) is 0 Å². The van der Waals surface area contributed by atoms with Gasteiger partial charge in [0.2, 0.25) is 0 Å². The molecule has 1 atom stereocenters. The normalized spacial score (nSPS) is 21.5. The highest BCUT2D eigenvalue weighted by Crippen LogP contribution is 2.17. The van der Waals surface area contributed by atoms with Gasteiger partial charge < -0.3 is 10.2 Å². The van der Waals surface area contributed by atoms with Gasteiger partial charge in [-0.1, -0.05) is 5.21 Å². The molecule has 96 valence electrons. The minimum Gasteiger partial charge on any atom is -0.311 e. The Morgan fingerprint density at radius 3 is 2.94 bits per heavy atom. The number of rotatable bonds is 5. The molecule has 1 N–H and O–H groups in total. The van der Waals surface area contributed by atoms with Crippen molar-refractivity contribution < 1.29 is 0 Å². The number of hydrogen-bond acceptors (Lipinski definition) is 4. The smallest absolute Gasteiger partial charge is 0.0738 e. The summed E-state index contributed by atoms with van der Waals surface area (Å²) >= 11 is 0. The van der Waals surface area contributed by atoms with Gasteiger partial charge in [-0.25, -0.2) is 0 Å². The summed E-state index contributed by atoms with van der Waals surface area (Å²) in [5, 5.41) is 11.3. The van der Waals surface area contributed by atoms with Crippen molar-refractivity contribution >= 4 is 0 Å². The van der Waals surface area contributed by atoms with Gasteiger partial charge in [-0.05, 0) is 39.3 Å². The predicted octanol–water partition coefficient (Wildman–Crippen LogP) is 0.635. The molecule has 0 amide bonds. The molecule has 0 spiro atoms. The fourth-order valence-corrected chi connectivity index (χ4v) is 2.37. The second-order valence-electron chi connectivity index (χ2n) is 5.22. The Morgan fingerprint density at radius 2 is 2.35 bits per heavy atom. The van der Waals surface area contributed by atoms with E-state index in [0.29, 0.717) is 6.04 Å². The van der Waals surface area contributed by atoms with Crippen LogP contribution in [0.3, 0.4) is 0 Å². The zero-order chi connectivity index (χ0) is 12.3. The first-order valence-corrected chi connectivity index (χ1v) is 6.45. The summed E-state index contributed by atoms with van der Waals surface area (Å²) < 4.78 is 1.82. The lowest BCUT2D eigenvalue weighted by Gasteiger charge is -2.20. The summed E-state index contributed by atoms with van der Waals surface area (Å²) in [6.45, 7) is 8.98. The Bertz CT molecular complexity index is 346. The highest BCUT2D eigenvalue weighted by atomic mass is 15.4. The van der Waals surface area contributed by atoms with Gasteiger partial charge in [0.05, 0.1) is 11.9 Å². The Balaban J connectivity index is 1.68. The van der Waals surface area contributed by atoms with E-state index in [4.69, 9.17) is 0 Å². The van der Waals surface area contributed by atoms with Crippen LogP contribution in [0.2, 0.25) is 0 Å². The van der Waals surface area contributed by atoms with Crippen LogP contribution in [0, 0.1) is 5.92 Å². The van der Waals surface area contributed by atoms with Gasteiger partial charge in [-0.2, -0.15) is 0 Å². The lowest BCUT2D eigenvalue weighted by atomic mass is 10.1. The summed E-state index contributed by atoms with van der Waals surface area (Å²) in [6, 6.07) is 0.682. The van der Waals surface area contributed by atoms with Gasteiger partial charge in [0, 0.05) is 26.2 Å². The Hall–Kier alpha value is -0.940. The molecule has 1 unspecified atom stereocenters. The first-order valence-electron chi connectivity index (χ1n) is 6.45. The third-order valence-electron chi connectivity index (χ3n) is 3.59. The number of nitrogens with zero attached hydrogens (tertiary/aromatic N) is 4. The van der Waals surface area contributed by atoms with E-state index in [0.717, 1.165) is 24.7 Å². The topological polar surface area (TPSA) is 46.0 Å². The molecular formula is C12H23N5. The molecule has 2 heterocycles. The molecule has 0 aromatic carbocycles. The fraction of sp³-hybridized carbons (Fsp3) is 0.833. The van der Waals surface area contributed by atoms with Gasteiger partial charge in [0.25, 0.3) is 0 Å². The maximum atomic E-state index is 3.92. The fourth-order valence-electron chi connectivity index (χ4n) is 2.37. The minimum absolute atomic E-state index is 0.682. The molecule has 0 bridgehead atoms. The number of aryl methyl sites for hydroxylation is 1. The van der Waals surface area contributed by atoms with Crippen LogP contribution in [-0.4, -0.2) is 45.6 Å². The van der Waals surface area contributed by atoms with E-state index in [9.17, 15) is 0 Å². The first-order chi connectivity index (χ1) is 8.16. The minimum atomic E-state index is 0.682. The van der Waals surface area contributed by atoms with E-state index in [1.54, 1.807) is 0 Å². The lowest BCUT2D eigenvalue weighted by Crippen LogP contribution is -2.30. The summed E-state index contributed by atoms with van der Waals surface area (Å²) in [4.78, 5) is 2.55. The van der Waals surface area contributed by atoms with Crippen molar-refractivity contribution in [3.05, 3.63) is 11.9 Å². The van der Waals surface area contributed by atoms with E-state index in [2.05, 4.69) is 34.4 Å². The second kappa shape index (κ2) is 5.60. The Kier molecular flexibility index (Phi) is 4.12. The second-order valence-corrected chi connectivity index (χ2v) is 5.22. The molecule has 1 aromatic rings. The maximum absolute atomic E-state index is 3.92. The van der Waals surface area contributed by atoms with Gasteiger partial charge in [0.1, 0.15) is 0 Å². The molecule has 5 heteroatoms. The van der Waals surface area contributed by atoms with Crippen molar-refractivity contribution in [3.63, 3.8) is 0 Å². The zero-order valence-electron chi connectivity index (χ0n) is 11.1. The molecule has 1 aliphatic heterocycles. The molecule has 2 rings (SSSR count). The molecule has 5 nitrogen and oxygen atoms in total. The van der Waals surface area contributed by atoms with Crippen molar-refractivity contribution in [1.29, 1.82) is 0 Å². The van der Waals surface area contributed by atoms with Crippen molar-refractivity contribution in [2.45, 2.75) is 32.9 Å². The molecule has 17 heavy (non-hydrogen) atoms. The van der Waals surface area contributed by atoms with Crippen molar-refractivity contribution in [1.82, 2.24) is 25.2 Å². The molecule has 1 aliphatic rings. The van der Waals surface area contributed by atoms with Crippen LogP contribution in [-0.2, 0) is 13.6 Å². The highest BCUT2D eigenvalue weighted by molar-refractivity contribution is 4.92. The average molecular weight is 237 g/mol. The molecule has 0 radical (unpaired) electrons. The van der Waals surface area contributed by atoms with Crippen molar-refractivity contribution in [2.24, 2.45) is 13.0 Å². The molecule has 0 saturated carbocycles. The van der Waals surface area contributed by atoms with Crippen LogP contribution in [0.5, 0.6) is 0 Å².